The van der Waals surface area contributed by atoms with E-state index in [4.69, 9.17) is 9.47 Å². The van der Waals surface area contributed by atoms with Crippen LogP contribution in [0.1, 0.15) is 45.5 Å². The van der Waals surface area contributed by atoms with Gasteiger partial charge in [0.15, 0.2) is 0 Å². The third kappa shape index (κ3) is 4.63. The van der Waals surface area contributed by atoms with Crippen LogP contribution in [-0.4, -0.2) is 36.8 Å². The topological polar surface area (TPSA) is 56.3 Å². The van der Waals surface area contributed by atoms with Crippen LogP contribution in [0.4, 0.5) is 5.82 Å². The van der Waals surface area contributed by atoms with Gasteiger partial charge in [-0.3, -0.25) is 0 Å². The minimum absolute atomic E-state index is 0.115. The number of hydrogen-bond acceptors (Lipinski definition) is 5. The largest absolute Gasteiger partial charge is 0.475 e. The zero-order valence-corrected chi connectivity index (χ0v) is 13.5. The molecule has 1 aromatic heterocycles. The molecule has 114 valence electrons. The third-order valence-corrected chi connectivity index (χ3v) is 2.82. The van der Waals surface area contributed by atoms with Gasteiger partial charge in [-0.1, -0.05) is 27.7 Å². The van der Waals surface area contributed by atoms with Crippen LogP contribution >= 0.6 is 0 Å². The quantitative estimate of drug-likeness (QED) is 0.779. The van der Waals surface area contributed by atoms with E-state index in [0.29, 0.717) is 19.1 Å². The Kier molecular flexibility index (Phi) is 6.20. The first-order chi connectivity index (χ1) is 9.40. The van der Waals surface area contributed by atoms with Crippen LogP contribution < -0.4 is 10.1 Å². The van der Waals surface area contributed by atoms with E-state index in [1.165, 1.54) is 0 Å². The van der Waals surface area contributed by atoms with Gasteiger partial charge in [-0.05, 0) is 13.3 Å². The lowest BCUT2D eigenvalue weighted by atomic mass is 9.95. The molecule has 0 saturated carbocycles. The highest BCUT2D eigenvalue weighted by Gasteiger charge is 2.21. The average molecular weight is 281 g/mol. The molecule has 0 unspecified atom stereocenters. The van der Waals surface area contributed by atoms with Gasteiger partial charge in [0.05, 0.1) is 12.2 Å². The lowest BCUT2D eigenvalue weighted by molar-refractivity contribution is 0.0985. The summed E-state index contributed by atoms with van der Waals surface area (Å²) in [4.78, 5) is 9.09. The maximum atomic E-state index is 5.75. The molecule has 1 N–H and O–H groups in total. The van der Waals surface area contributed by atoms with Crippen molar-refractivity contribution in [3.63, 3.8) is 0 Å². The lowest BCUT2D eigenvalue weighted by Gasteiger charge is -2.20. The summed E-state index contributed by atoms with van der Waals surface area (Å²) in [7, 11) is 1.86. The molecule has 0 atom stereocenters. The molecule has 0 aliphatic rings. The van der Waals surface area contributed by atoms with Crippen molar-refractivity contribution >= 4 is 5.82 Å². The summed E-state index contributed by atoms with van der Waals surface area (Å²) < 4.78 is 11.2. The molecule has 0 radical (unpaired) electrons. The van der Waals surface area contributed by atoms with E-state index < -0.39 is 0 Å². The lowest BCUT2D eigenvalue weighted by Crippen LogP contribution is -2.19. The number of ether oxygens (including phenoxy) is 2. The van der Waals surface area contributed by atoms with E-state index in [1.807, 2.05) is 14.0 Å². The van der Waals surface area contributed by atoms with E-state index in [0.717, 1.165) is 30.2 Å². The maximum absolute atomic E-state index is 5.75. The summed E-state index contributed by atoms with van der Waals surface area (Å²) >= 11 is 0. The molecule has 5 heteroatoms. The van der Waals surface area contributed by atoms with Crippen molar-refractivity contribution in [2.45, 2.75) is 46.5 Å². The van der Waals surface area contributed by atoms with Crippen LogP contribution in [0.15, 0.2) is 0 Å². The van der Waals surface area contributed by atoms with Crippen LogP contribution in [0.25, 0.3) is 0 Å². The second-order valence-corrected chi connectivity index (χ2v) is 5.79. The summed E-state index contributed by atoms with van der Waals surface area (Å²) in [6, 6.07) is 0. The van der Waals surface area contributed by atoms with Crippen molar-refractivity contribution in [3.05, 3.63) is 11.4 Å². The Labute approximate surface area is 122 Å². The first-order valence-corrected chi connectivity index (χ1v) is 7.17. The molecular weight excluding hydrogens is 254 g/mol. The van der Waals surface area contributed by atoms with Crippen LogP contribution in [0.5, 0.6) is 5.88 Å². The summed E-state index contributed by atoms with van der Waals surface area (Å²) in [5.41, 5.74) is 0.812. The van der Waals surface area contributed by atoms with Gasteiger partial charge < -0.3 is 14.8 Å². The van der Waals surface area contributed by atoms with Crippen LogP contribution in [-0.2, 0) is 10.2 Å². The van der Waals surface area contributed by atoms with Gasteiger partial charge in [0.25, 0.3) is 0 Å². The maximum Gasteiger partial charge on any atom is 0.221 e. The SMILES string of the molecule is CCCOCCOc1nc(C(C)(C)C)nc(NC)c1C. The molecule has 0 bridgehead atoms. The minimum Gasteiger partial charge on any atom is -0.475 e. The Balaban J connectivity index is 2.83. The first kappa shape index (κ1) is 16.7. The van der Waals surface area contributed by atoms with E-state index in [1.54, 1.807) is 0 Å². The van der Waals surface area contributed by atoms with E-state index in [-0.39, 0.29) is 5.41 Å². The number of hydrogen-bond donors (Lipinski definition) is 1. The van der Waals surface area contributed by atoms with Gasteiger partial charge in [-0.25, -0.2) is 4.98 Å². The molecule has 0 aliphatic carbocycles. The summed E-state index contributed by atoms with van der Waals surface area (Å²) in [5.74, 6) is 2.22. The van der Waals surface area contributed by atoms with E-state index in [9.17, 15) is 0 Å². The smallest absolute Gasteiger partial charge is 0.221 e. The van der Waals surface area contributed by atoms with Gasteiger partial charge in [0.1, 0.15) is 18.2 Å². The molecule has 0 saturated heterocycles. The monoisotopic (exact) mass is 281 g/mol. The second-order valence-electron chi connectivity index (χ2n) is 5.79. The standard InChI is InChI=1S/C15H27N3O2/c1-7-8-19-9-10-20-13-11(2)12(16-6)17-14(18-13)15(3,4)5/h7-10H2,1-6H3,(H,16,17,18). The average Bonchev–Trinajstić information content (AvgIpc) is 2.39. The fraction of sp³-hybridized carbons (Fsp3) is 0.733. The molecule has 1 heterocycles. The number of nitrogens with one attached hydrogen (secondary N) is 1. The second kappa shape index (κ2) is 7.43. The van der Waals surface area contributed by atoms with Gasteiger partial charge in [-0.2, -0.15) is 4.98 Å². The van der Waals surface area contributed by atoms with Gasteiger partial charge in [-0.15, -0.1) is 0 Å². The highest BCUT2D eigenvalue weighted by molar-refractivity contribution is 5.48. The molecule has 0 spiro atoms. The molecule has 5 nitrogen and oxygen atoms in total. The van der Waals surface area contributed by atoms with Crippen LogP contribution in [0, 0.1) is 6.92 Å². The molecule has 1 aromatic rings. The van der Waals surface area contributed by atoms with Crippen molar-refractivity contribution in [1.82, 2.24) is 9.97 Å². The Bertz CT molecular complexity index is 428. The van der Waals surface area contributed by atoms with E-state index >= 15 is 0 Å². The van der Waals surface area contributed by atoms with Crippen molar-refractivity contribution in [2.24, 2.45) is 0 Å². The minimum atomic E-state index is -0.115. The van der Waals surface area contributed by atoms with E-state index in [2.05, 4.69) is 43.0 Å². The van der Waals surface area contributed by atoms with Crippen molar-refractivity contribution in [1.29, 1.82) is 0 Å². The fourth-order valence-electron chi connectivity index (χ4n) is 1.66. The molecule has 0 fully saturated rings. The van der Waals surface area contributed by atoms with Gasteiger partial charge >= 0.3 is 0 Å². The predicted molar refractivity (Wildman–Crippen MR) is 81.6 cm³/mol. The number of nitrogens with zero attached hydrogens (tertiary/aromatic N) is 2. The number of rotatable bonds is 7. The van der Waals surface area contributed by atoms with Crippen molar-refractivity contribution in [2.75, 3.05) is 32.2 Å². The Morgan fingerprint density at radius 1 is 1.10 bits per heavy atom. The summed E-state index contributed by atoms with van der Waals surface area (Å²) in [5, 5.41) is 3.10. The Hall–Kier alpha value is -1.36. The van der Waals surface area contributed by atoms with Crippen molar-refractivity contribution in [3.8, 4) is 5.88 Å². The number of anilines is 1. The third-order valence-electron chi connectivity index (χ3n) is 2.82. The Morgan fingerprint density at radius 3 is 2.35 bits per heavy atom. The van der Waals surface area contributed by atoms with Gasteiger partial charge in [0, 0.05) is 19.1 Å². The highest BCUT2D eigenvalue weighted by Crippen LogP contribution is 2.27. The molecule has 0 amide bonds. The zero-order valence-electron chi connectivity index (χ0n) is 13.5. The predicted octanol–water partition coefficient (Wildman–Crippen LogP) is 2.93. The zero-order chi connectivity index (χ0) is 15.2. The van der Waals surface area contributed by atoms with Crippen molar-refractivity contribution < 1.29 is 9.47 Å². The molecule has 0 aromatic carbocycles. The van der Waals surface area contributed by atoms with Crippen LogP contribution in [0.2, 0.25) is 0 Å². The molecule has 1 rings (SSSR count). The first-order valence-electron chi connectivity index (χ1n) is 7.17. The molecular formula is C15H27N3O2. The summed E-state index contributed by atoms with van der Waals surface area (Å²) in [6.45, 7) is 12.2. The Morgan fingerprint density at radius 2 is 1.80 bits per heavy atom. The molecule has 20 heavy (non-hydrogen) atoms. The fourth-order valence-corrected chi connectivity index (χ4v) is 1.66. The van der Waals surface area contributed by atoms with Gasteiger partial charge in [0.2, 0.25) is 5.88 Å². The summed E-state index contributed by atoms with van der Waals surface area (Å²) in [6.07, 6.45) is 1.02. The molecule has 0 aliphatic heterocycles. The normalized spacial score (nSPS) is 11.5. The van der Waals surface area contributed by atoms with Crippen LogP contribution in [0.3, 0.4) is 0 Å². The number of aromatic nitrogens is 2. The highest BCUT2D eigenvalue weighted by atomic mass is 16.5.